The van der Waals surface area contributed by atoms with Crippen molar-refractivity contribution >= 4 is 59.4 Å². The number of nitrogens with zero attached hydrogens (tertiary/aromatic N) is 3. The average Bonchev–Trinajstić information content (AvgIpc) is 2.93. The van der Waals surface area contributed by atoms with E-state index in [9.17, 15) is 15.2 Å². The summed E-state index contributed by atoms with van der Waals surface area (Å²) in [5.74, 6) is 0.737. The van der Waals surface area contributed by atoms with Gasteiger partial charge in [-0.25, -0.2) is 0 Å². The number of anilines is 1. The van der Waals surface area contributed by atoms with Crippen LogP contribution < -0.4 is 9.80 Å². The Morgan fingerprint density at radius 2 is 2.03 bits per heavy atom. The second kappa shape index (κ2) is 13.2. The molecule has 2 radical (unpaired) electrons. The molecule has 1 aliphatic carbocycles. The molecule has 0 atom stereocenters. The number of hydrogen-bond donors (Lipinski definition) is 2. The summed E-state index contributed by atoms with van der Waals surface area (Å²) in [4.78, 5) is 20.9. The Morgan fingerprint density at radius 3 is 2.71 bits per heavy atom. The number of nitriles is 1. The van der Waals surface area contributed by atoms with Crippen LogP contribution in [0.2, 0.25) is 19.1 Å². The van der Waals surface area contributed by atoms with E-state index >= 15 is 0 Å². The molecule has 4 rings (SSSR count). The number of rotatable bonds is 10. The van der Waals surface area contributed by atoms with Gasteiger partial charge in [-0.2, -0.15) is 0 Å². The van der Waals surface area contributed by atoms with Crippen LogP contribution in [0.5, 0.6) is 0 Å². The van der Waals surface area contributed by atoms with Crippen LogP contribution >= 0.6 is 11.6 Å². The molecule has 10 heteroatoms. The van der Waals surface area contributed by atoms with E-state index in [4.69, 9.17) is 21.3 Å². The van der Waals surface area contributed by atoms with Gasteiger partial charge in [0.2, 0.25) is 0 Å². The zero-order valence-electron chi connectivity index (χ0n) is 22.0. The summed E-state index contributed by atoms with van der Waals surface area (Å²) in [7, 11) is 0. The third kappa shape index (κ3) is 7.76. The summed E-state index contributed by atoms with van der Waals surface area (Å²) >= 11 is 6.30. The summed E-state index contributed by atoms with van der Waals surface area (Å²) in [6.07, 6.45) is 7.98. The SMILES string of the molecule is CC(C)([As]CC1CCC([As]c2cc(-c3cccc(NCC4(C#N)CCOCC4)n3)c(Cl)cn2)CC1)C(=O)O. The fourth-order valence-corrected chi connectivity index (χ4v) is 10.2. The first-order valence-corrected chi connectivity index (χ1v) is 17.8. The van der Waals surface area contributed by atoms with Crippen LogP contribution in [-0.2, 0) is 9.53 Å². The third-order valence-electron chi connectivity index (χ3n) is 7.56. The minimum absolute atomic E-state index is 0.0866. The quantitative estimate of drug-likeness (QED) is 0.336. The van der Waals surface area contributed by atoms with Crippen molar-refractivity contribution < 1.29 is 14.6 Å². The van der Waals surface area contributed by atoms with Crippen molar-refractivity contribution in [1.29, 1.82) is 5.26 Å². The predicted molar refractivity (Wildman–Crippen MR) is 152 cm³/mol. The van der Waals surface area contributed by atoms with Gasteiger partial charge in [0.1, 0.15) is 0 Å². The van der Waals surface area contributed by atoms with E-state index in [-0.39, 0.29) is 31.5 Å². The van der Waals surface area contributed by atoms with Crippen molar-refractivity contribution in [3.8, 4) is 17.3 Å². The number of carboxylic acids is 1. The molecule has 1 aliphatic heterocycles. The number of halogens is 1. The summed E-state index contributed by atoms with van der Waals surface area (Å²) in [6.45, 7) is 5.51. The molecule has 0 aromatic carbocycles. The van der Waals surface area contributed by atoms with Gasteiger partial charge < -0.3 is 0 Å². The summed E-state index contributed by atoms with van der Waals surface area (Å²) in [6, 6.07) is 10.5. The Kier molecular flexibility index (Phi) is 10.2. The van der Waals surface area contributed by atoms with E-state index in [0.29, 0.717) is 35.4 Å². The number of ether oxygens (including phenoxy) is 1. The molecule has 202 valence electrons. The van der Waals surface area contributed by atoms with Crippen LogP contribution in [0.25, 0.3) is 11.3 Å². The van der Waals surface area contributed by atoms with Crippen molar-refractivity contribution in [1.82, 2.24) is 9.97 Å². The van der Waals surface area contributed by atoms with E-state index < -0.39 is 15.6 Å². The molecule has 38 heavy (non-hydrogen) atoms. The number of hydrogen-bond acceptors (Lipinski definition) is 6. The summed E-state index contributed by atoms with van der Waals surface area (Å²) < 4.78 is 6.68. The Morgan fingerprint density at radius 1 is 1.29 bits per heavy atom. The van der Waals surface area contributed by atoms with Crippen molar-refractivity contribution in [2.45, 2.75) is 66.5 Å². The zero-order valence-corrected chi connectivity index (χ0v) is 26.5. The Labute approximate surface area is 243 Å². The van der Waals surface area contributed by atoms with Crippen LogP contribution in [0.15, 0.2) is 30.5 Å². The Hall–Kier alpha value is -1.57. The van der Waals surface area contributed by atoms with Gasteiger partial charge in [0.15, 0.2) is 0 Å². The second-order valence-electron chi connectivity index (χ2n) is 10.8. The topological polar surface area (TPSA) is 108 Å². The van der Waals surface area contributed by atoms with Gasteiger partial charge in [0.25, 0.3) is 0 Å². The Balaban J connectivity index is 1.35. The maximum atomic E-state index is 11.4. The first kappa shape index (κ1) is 29.4. The molecule has 2 aromatic heterocycles. The Bertz CT molecular complexity index is 1160. The van der Waals surface area contributed by atoms with E-state index in [1.807, 2.05) is 32.0 Å². The van der Waals surface area contributed by atoms with Crippen molar-refractivity contribution in [2.75, 3.05) is 25.1 Å². The van der Waals surface area contributed by atoms with Crippen molar-refractivity contribution in [2.24, 2.45) is 11.3 Å². The summed E-state index contributed by atoms with van der Waals surface area (Å²) in [5.41, 5.74) is 1.27. The number of carbonyl (C=O) groups is 1. The predicted octanol–water partition coefficient (Wildman–Crippen LogP) is 5.24. The molecule has 2 aromatic rings. The van der Waals surface area contributed by atoms with E-state index in [0.717, 1.165) is 39.6 Å². The van der Waals surface area contributed by atoms with Crippen LogP contribution in [0, 0.1) is 22.7 Å². The first-order chi connectivity index (χ1) is 18.2. The molecule has 0 bridgehead atoms. The van der Waals surface area contributed by atoms with Gasteiger partial charge >= 0.3 is 245 Å². The van der Waals surface area contributed by atoms with E-state index in [1.54, 1.807) is 6.20 Å². The van der Waals surface area contributed by atoms with Crippen LogP contribution in [0.4, 0.5) is 5.82 Å². The van der Waals surface area contributed by atoms with E-state index in [2.05, 4.69) is 22.4 Å². The van der Waals surface area contributed by atoms with Gasteiger partial charge in [-0.05, 0) is 0 Å². The van der Waals surface area contributed by atoms with E-state index in [1.165, 1.54) is 25.7 Å². The molecular weight excluding hydrogens is 626 g/mol. The monoisotopic (exact) mass is 660 g/mol. The normalized spacial score (nSPS) is 22.1. The van der Waals surface area contributed by atoms with Gasteiger partial charge in [-0.3, -0.25) is 0 Å². The minimum atomic E-state index is -0.665. The summed E-state index contributed by atoms with van der Waals surface area (Å²) in [5, 5.41) is 24.2. The molecule has 2 fully saturated rings. The standard InChI is InChI=1S/C28H35As2ClN4O3/c1-27(2,26(36)37)29-15-19-6-8-20(9-7-19)30-24-14-21(22(31)16-33-24)23-4-3-5-25(35-23)34-18-28(17-32)10-12-38-13-11-28/h3-5,14,16,19-20H,6-13,15,18H2,1-2H3,(H,34,35)(H,36,37). The fraction of sp³-hybridized carbons (Fsp3) is 0.571. The third-order valence-corrected chi connectivity index (χ3v) is 14.3. The number of nitrogens with one attached hydrogen (secondary N) is 1. The molecule has 0 unspecified atom stereocenters. The average molecular weight is 661 g/mol. The van der Waals surface area contributed by atoms with Crippen molar-refractivity contribution in [3.63, 3.8) is 0 Å². The van der Waals surface area contributed by atoms with Crippen LogP contribution in [-0.4, -0.2) is 72.3 Å². The number of carboxylic acid groups (broad SMARTS) is 1. The van der Waals surface area contributed by atoms with Crippen LogP contribution in [0.1, 0.15) is 52.4 Å². The molecule has 2 aliphatic rings. The number of aliphatic carboxylic acids is 1. The van der Waals surface area contributed by atoms with Crippen molar-refractivity contribution in [3.05, 3.63) is 35.5 Å². The molecule has 3 heterocycles. The second-order valence-corrected chi connectivity index (χ2v) is 18.0. The van der Waals surface area contributed by atoms with Gasteiger partial charge in [-0.1, -0.05) is 0 Å². The first-order valence-electron chi connectivity index (χ1n) is 13.2. The van der Waals surface area contributed by atoms with Gasteiger partial charge in [0.05, 0.1) is 0 Å². The molecule has 1 saturated carbocycles. The van der Waals surface area contributed by atoms with Gasteiger partial charge in [0, 0.05) is 0 Å². The molecule has 2 N–H and O–H groups in total. The molecule has 0 amide bonds. The molecule has 1 saturated heterocycles. The molecular formula is C28H35As2ClN4O3. The fourth-order valence-electron chi connectivity index (χ4n) is 4.80. The van der Waals surface area contributed by atoms with Crippen LogP contribution in [0.3, 0.4) is 0 Å². The zero-order chi connectivity index (χ0) is 27.2. The maximum absolute atomic E-state index is 11.4. The van der Waals surface area contributed by atoms with Gasteiger partial charge in [-0.15, -0.1) is 0 Å². The number of aromatic nitrogens is 2. The molecule has 0 spiro atoms. The molecule has 7 nitrogen and oxygen atoms in total. The number of pyridine rings is 2.